The van der Waals surface area contributed by atoms with E-state index in [0.29, 0.717) is 31.0 Å². The Hall–Kier alpha value is -1.73. The van der Waals surface area contributed by atoms with Crippen molar-refractivity contribution in [3.8, 4) is 10.7 Å². The van der Waals surface area contributed by atoms with Crippen molar-refractivity contribution < 1.29 is 14.4 Å². The van der Waals surface area contributed by atoms with Crippen molar-refractivity contribution in [3.05, 3.63) is 23.4 Å². The highest BCUT2D eigenvalue weighted by Gasteiger charge is 2.10. The lowest BCUT2D eigenvalue weighted by molar-refractivity contribution is -0.122. The zero-order valence-corrected chi connectivity index (χ0v) is 12.0. The lowest BCUT2D eigenvalue weighted by atomic mass is 10.2. The number of carbonyl (C=O) groups excluding carboxylic acids is 1. The number of amides is 1. The third kappa shape index (κ3) is 4.14. The second kappa shape index (κ2) is 7.16. The average Bonchev–Trinajstić information content (AvgIpc) is 3.08. The van der Waals surface area contributed by atoms with Gasteiger partial charge in [-0.15, -0.1) is 11.3 Å². The number of rotatable bonds is 7. The van der Waals surface area contributed by atoms with Crippen LogP contribution >= 0.6 is 11.3 Å². The maximum absolute atomic E-state index is 11.5. The molecule has 0 saturated carbocycles. The monoisotopic (exact) mass is 295 g/mol. The van der Waals surface area contributed by atoms with Gasteiger partial charge in [-0.05, 0) is 24.8 Å². The van der Waals surface area contributed by atoms with E-state index in [-0.39, 0.29) is 18.6 Å². The lowest BCUT2D eigenvalue weighted by Crippen LogP contribution is -2.34. The molecule has 0 bridgehead atoms. The number of nitrogens with zero attached hydrogens (tertiary/aromatic N) is 2. The summed E-state index contributed by atoms with van der Waals surface area (Å²) in [6.07, 6.45) is 1.58. The molecule has 0 saturated heterocycles. The first-order valence-electron chi connectivity index (χ1n) is 6.45. The molecule has 6 nitrogen and oxygen atoms in total. The maximum atomic E-state index is 11.5. The summed E-state index contributed by atoms with van der Waals surface area (Å²) in [4.78, 5) is 16.8. The smallest absolute Gasteiger partial charge is 0.226 e. The van der Waals surface area contributed by atoms with Crippen molar-refractivity contribution >= 4 is 17.2 Å². The zero-order chi connectivity index (χ0) is 14.4. The van der Waals surface area contributed by atoms with Gasteiger partial charge in [0.25, 0.3) is 0 Å². The van der Waals surface area contributed by atoms with Gasteiger partial charge in [0, 0.05) is 18.9 Å². The second-order valence-corrected chi connectivity index (χ2v) is 5.44. The largest absolute Gasteiger partial charge is 0.394 e. The van der Waals surface area contributed by atoms with Crippen LogP contribution in [0.1, 0.15) is 25.7 Å². The van der Waals surface area contributed by atoms with E-state index in [4.69, 9.17) is 9.63 Å². The predicted molar refractivity (Wildman–Crippen MR) is 75.2 cm³/mol. The summed E-state index contributed by atoms with van der Waals surface area (Å²) in [6.45, 7) is 1.70. The summed E-state index contributed by atoms with van der Waals surface area (Å²) in [7, 11) is 0. The summed E-state index contributed by atoms with van der Waals surface area (Å²) < 4.78 is 5.15. The van der Waals surface area contributed by atoms with Crippen LogP contribution in [0.4, 0.5) is 0 Å². The Morgan fingerprint density at radius 3 is 3.15 bits per heavy atom. The number of carbonyl (C=O) groups is 1. The summed E-state index contributed by atoms with van der Waals surface area (Å²) in [5.41, 5.74) is 0. The van der Waals surface area contributed by atoms with E-state index < -0.39 is 0 Å². The molecule has 0 fully saturated rings. The molecule has 0 aliphatic heterocycles. The van der Waals surface area contributed by atoms with Gasteiger partial charge in [-0.2, -0.15) is 4.98 Å². The standard InChI is InChI=1S/C13H17N3O3S/c1-9(8-17)14-11(18)5-2-6-12-15-13(16-19-12)10-4-3-7-20-10/h3-4,7,9,17H,2,5-6,8H2,1H3,(H,14,18). The Labute approximate surface area is 120 Å². The SMILES string of the molecule is CC(CO)NC(=O)CCCc1nc(-c2cccs2)no1. The van der Waals surface area contributed by atoms with Crippen molar-refractivity contribution in [1.82, 2.24) is 15.5 Å². The van der Waals surface area contributed by atoms with E-state index in [1.54, 1.807) is 18.3 Å². The summed E-state index contributed by atoms with van der Waals surface area (Å²) in [6, 6.07) is 3.66. The van der Waals surface area contributed by atoms with Crippen LogP contribution in [0.15, 0.2) is 22.0 Å². The molecule has 0 spiro atoms. The first-order valence-corrected chi connectivity index (χ1v) is 7.33. The van der Waals surface area contributed by atoms with Gasteiger partial charge in [0.2, 0.25) is 17.6 Å². The Balaban J connectivity index is 1.76. The Kier molecular flexibility index (Phi) is 5.25. The topological polar surface area (TPSA) is 88.2 Å². The summed E-state index contributed by atoms with van der Waals surface area (Å²) in [5, 5.41) is 17.4. The van der Waals surface area contributed by atoms with Gasteiger partial charge in [-0.3, -0.25) is 4.79 Å². The molecule has 2 rings (SSSR count). The molecule has 0 aliphatic rings. The van der Waals surface area contributed by atoms with Crippen LogP contribution in [0.5, 0.6) is 0 Å². The summed E-state index contributed by atoms with van der Waals surface area (Å²) >= 11 is 1.55. The molecule has 108 valence electrons. The van der Waals surface area contributed by atoms with E-state index in [2.05, 4.69) is 15.5 Å². The Morgan fingerprint density at radius 2 is 2.45 bits per heavy atom. The molecule has 0 radical (unpaired) electrons. The molecule has 2 aromatic heterocycles. The fraction of sp³-hybridized carbons (Fsp3) is 0.462. The summed E-state index contributed by atoms with van der Waals surface area (Å²) in [5.74, 6) is 1.05. The highest BCUT2D eigenvalue weighted by molar-refractivity contribution is 7.13. The molecular weight excluding hydrogens is 278 g/mol. The van der Waals surface area contributed by atoms with Crippen LogP contribution in [0.2, 0.25) is 0 Å². The number of thiophene rings is 1. The van der Waals surface area contributed by atoms with E-state index in [1.807, 2.05) is 17.5 Å². The van der Waals surface area contributed by atoms with Crippen LogP contribution in [-0.4, -0.2) is 33.8 Å². The van der Waals surface area contributed by atoms with Gasteiger partial charge in [0.15, 0.2) is 0 Å². The minimum Gasteiger partial charge on any atom is -0.394 e. The van der Waals surface area contributed by atoms with Gasteiger partial charge in [-0.25, -0.2) is 0 Å². The number of aliphatic hydroxyl groups excluding tert-OH is 1. The van der Waals surface area contributed by atoms with E-state index in [1.165, 1.54) is 0 Å². The molecule has 1 amide bonds. The van der Waals surface area contributed by atoms with Crippen molar-refractivity contribution in [2.75, 3.05) is 6.61 Å². The molecule has 1 atom stereocenters. The molecule has 0 aromatic carbocycles. The van der Waals surface area contributed by atoms with Crippen LogP contribution in [-0.2, 0) is 11.2 Å². The highest BCUT2D eigenvalue weighted by Crippen LogP contribution is 2.21. The average molecular weight is 295 g/mol. The second-order valence-electron chi connectivity index (χ2n) is 4.49. The van der Waals surface area contributed by atoms with Crippen molar-refractivity contribution in [2.24, 2.45) is 0 Å². The molecule has 2 aromatic rings. The van der Waals surface area contributed by atoms with Crippen LogP contribution < -0.4 is 5.32 Å². The maximum Gasteiger partial charge on any atom is 0.226 e. The van der Waals surface area contributed by atoms with Crippen molar-refractivity contribution in [3.63, 3.8) is 0 Å². The number of aryl methyl sites for hydroxylation is 1. The Bertz CT molecular complexity index is 539. The Morgan fingerprint density at radius 1 is 1.60 bits per heavy atom. The van der Waals surface area contributed by atoms with Gasteiger partial charge < -0.3 is 14.9 Å². The first kappa shape index (κ1) is 14.7. The van der Waals surface area contributed by atoms with E-state index >= 15 is 0 Å². The third-order valence-corrected chi connectivity index (χ3v) is 3.55. The molecule has 0 aliphatic carbocycles. The fourth-order valence-electron chi connectivity index (χ4n) is 1.66. The third-order valence-electron chi connectivity index (χ3n) is 2.69. The molecule has 20 heavy (non-hydrogen) atoms. The van der Waals surface area contributed by atoms with E-state index in [0.717, 1.165) is 4.88 Å². The van der Waals surface area contributed by atoms with E-state index in [9.17, 15) is 4.79 Å². The number of nitrogens with one attached hydrogen (secondary N) is 1. The molecule has 2 N–H and O–H groups in total. The van der Waals surface area contributed by atoms with Crippen molar-refractivity contribution in [1.29, 1.82) is 0 Å². The van der Waals surface area contributed by atoms with Crippen LogP contribution in [0.25, 0.3) is 10.7 Å². The van der Waals surface area contributed by atoms with Gasteiger partial charge in [0.1, 0.15) is 0 Å². The fourth-order valence-corrected chi connectivity index (χ4v) is 2.30. The quantitative estimate of drug-likeness (QED) is 0.810. The van der Waals surface area contributed by atoms with Crippen LogP contribution in [0, 0.1) is 0 Å². The minimum atomic E-state index is -0.212. The molecule has 1 unspecified atom stereocenters. The van der Waals surface area contributed by atoms with Crippen molar-refractivity contribution in [2.45, 2.75) is 32.2 Å². The zero-order valence-electron chi connectivity index (χ0n) is 11.2. The van der Waals surface area contributed by atoms with Crippen LogP contribution in [0.3, 0.4) is 0 Å². The lowest BCUT2D eigenvalue weighted by Gasteiger charge is -2.09. The van der Waals surface area contributed by atoms with Gasteiger partial charge in [-0.1, -0.05) is 11.2 Å². The minimum absolute atomic E-state index is 0.0560. The normalized spacial score (nSPS) is 12.3. The number of hydrogen-bond acceptors (Lipinski definition) is 6. The molecular formula is C13H17N3O3S. The van der Waals surface area contributed by atoms with Gasteiger partial charge in [0.05, 0.1) is 11.5 Å². The highest BCUT2D eigenvalue weighted by atomic mass is 32.1. The van der Waals surface area contributed by atoms with Gasteiger partial charge >= 0.3 is 0 Å². The predicted octanol–water partition coefficient (Wildman–Crippen LogP) is 1.62. The number of aliphatic hydroxyl groups is 1. The number of aromatic nitrogens is 2. The first-order chi connectivity index (χ1) is 9.69. The molecule has 2 heterocycles. The molecule has 7 heteroatoms. The number of hydrogen-bond donors (Lipinski definition) is 2.